The molecular weight excluding hydrogens is 689 g/mol. The van der Waals surface area contributed by atoms with Crippen LogP contribution in [0.5, 0.6) is 0 Å². The van der Waals surface area contributed by atoms with E-state index in [0.29, 0.717) is 0 Å². The van der Waals surface area contributed by atoms with E-state index in [0.717, 1.165) is 0 Å². The standard InChI is InChI=1S/C46H82GeS2/c1-3-5-7-9-11-13-15-17-19-21-23-25-27-29-31-33-35-39-47(43-37-41-48-45(43)46-44(47)38-42-49-46)40-36-34-32-30-28-26-24-22-20-18-16-14-12-10-8-6-4-2/h37-38,41-42H,3-36,39-40H2,1-2H3. The predicted molar refractivity (Wildman–Crippen MR) is 231 cm³/mol. The van der Waals surface area contributed by atoms with E-state index in [2.05, 4.69) is 36.7 Å². The van der Waals surface area contributed by atoms with Gasteiger partial charge in [-0.1, -0.05) is 90.9 Å². The molecule has 0 saturated carbocycles. The number of rotatable bonds is 36. The Bertz CT molecular complexity index is 924. The molecule has 3 rings (SSSR count). The van der Waals surface area contributed by atoms with E-state index in [9.17, 15) is 0 Å². The Kier molecular flexibility index (Phi) is 26.0. The van der Waals surface area contributed by atoms with Gasteiger partial charge < -0.3 is 0 Å². The number of hydrogen-bond donors (Lipinski definition) is 0. The molecule has 0 nitrogen and oxygen atoms in total. The van der Waals surface area contributed by atoms with Gasteiger partial charge in [0, 0.05) is 0 Å². The predicted octanol–water partition coefficient (Wildman–Crippen LogP) is 16.7. The third-order valence-corrected chi connectivity index (χ3v) is 25.9. The summed E-state index contributed by atoms with van der Waals surface area (Å²) in [6.07, 6.45) is 50.0. The molecule has 282 valence electrons. The first-order valence-electron chi connectivity index (χ1n) is 22.5. The first kappa shape index (κ1) is 43.3. The van der Waals surface area contributed by atoms with Crippen LogP contribution in [-0.4, -0.2) is 13.3 Å². The van der Waals surface area contributed by atoms with Crippen LogP contribution in [0.25, 0.3) is 9.75 Å². The number of hydrogen-bond acceptors (Lipinski definition) is 2. The van der Waals surface area contributed by atoms with E-state index in [1.165, 1.54) is 218 Å². The molecule has 0 fully saturated rings. The molecule has 3 heterocycles. The third-order valence-electron chi connectivity index (χ3n) is 12.0. The van der Waals surface area contributed by atoms with Crippen molar-refractivity contribution in [2.75, 3.05) is 0 Å². The third kappa shape index (κ3) is 17.5. The maximum atomic E-state index is 2.59. The van der Waals surface area contributed by atoms with Gasteiger partial charge in [-0.2, -0.15) is 0 Å². The van der Waals surface area contributed by atoms with Crippen molar-refractivity contribution in [2.45, 2.75) is 243 Å². The van der Waals surface area contributed by atoms with Gasteiger partial charge in [-0.25, -0.2) is 0 Å². The Morgan fingerprint density at radius 2 is 0.551 bits per heavy atom. The summed E-state index contributed by atoms with van der Waals surface area (Å²) in [7, 11) is 0. The monoisotopic (exact) mass is 773 g/mol. The Balaban J connectivity index is 1.21. The van der Waals surface area contributed by atoms with E-state index in [1.54, 1.807) is 20.3 Å². The summed E-state index contributed by atoms with van der Waals surface area (Å²) in [6.45, 7) is 4.63. The van der Waals surface area contributed by atoms with E-state index < -0.39 is 13.3 Å². The van der Waals surface area contributed by atoms with Crippen molar-refractivity contribution in [3.63, 3.8) is 0 Å². The van der Waals surface area contributed by atoms with Crippen LogP contribution in [0.15, 0.2) is 22.9 Å². The molecule has 0 aromatic carbocycles. The van der Waals surface area contributed by atoms with Crippen LogP contribution >= 0.6 is 22.7 Å². The molecule has 0 unspecified atom stereocenters. The summed E-state index contributed by atoms with van der Waals surface area (Å²) in [5.41, 5.74) is 0. The van der Waals surface area contributed by atoms with Gasteiger partial charge in [0.25, 0.3) is 0 Å². The fraction of sp³-hybridized carbons (Fsp3) is 0.826. The molecule has 3 heteroatoms. The average molecular weight is 772 g/mol. The van der Waals surface area contributed by atoms with Crippen LogP contribution in [0.4, 0.5) is 0 Å². The summed E-state index contributed by atoms with van der Waals surface area (Å²) in [5, 5.41) is 7.98. The zero-order valence-corrected chi connectivity index (χ0v) is 36.8. The molecule has 0 radical (unpaired) electrons. The van der Waals surface area contributed by atoms with Gasteiger partial charge in [-0.3, -0.25) is 0 Å². The van der Waals surface area contributed by atoms with Gasteiger partial charge >= 0.3 is 229 Å². The molecule has 0 amide bonds. The molecule has 0 saturated heterocycles. The van der Waals surface area contributed by atoms with Gasteiger partial charge in [-0.05, 0) is 0 Å². The zero-order valence-electron chi connectivity index (χ0n) is 33.1. The van der Waals surface area contributed by atoms with Crippen molar-refractivity contribution in [1.29, 1.82) is 0 Å². The molecule has 0 bridgehead atoms. The van der Waals surface area contributed by atoms with Crippen molar-refractivity contribution >= 4 is 44.7 Å². The van der Waals surface area contributed by atoms with Crippen molar-refractivity contribution in [1.82, 2.24) is 0 Å². The van der Waals surface area contributed by atoms with Gasteiger partial charge in [-0.15, -0.1) is 0 Å². The van der Waals surface area contributed by atoms with Gasteiger partial charge in [0.15, 0.2) is 0 Å². The first-order chi connectivity index (χ1) is 24.3. The van der Waals surface area contributed by atoms with Crippen LogP contribution in [-0.2, 0) is 0 Å². The fourth-order valence-electron chi connectivity index (χ4n) is 8.84. The maximum absolute atomic E-state index is 2.59. The normalized spacial score (nSPS) is 13.3. The second-order valence-corrected chi connectivity index (χ2v) is 27.0. The Morgan fingerprint density at radius 1 is 0.327 bits per heavy atom. The molecule has 0 spiro atoms. The average Bonchev–Trinajstić information content (AvgIpc) is 3.85. The number of thiophene rings is 2. The Hall–Kier alpha value is -0.0571. The molecule has 0 N–H and O–H groups in total. The molecule has 2 aromatic rings. The second kappa shape index (κ2) is 29.4. The van der Waals surface area contributed by atoms with Gasteiger partial charge in [0.1, 0.15) is 0 Å². The zero-order chi connectivity index (χ0) is 34.5. The van der Waals surface area contributed by atoms with Crippen molar-refractivity contribution < 1.29 is 0 Å². The Labute approximate surface area is 318 Å². The molecule has 1 aliphatic heterocycles. The van der Waals surface area contributed by atoms with Gasteiger partial charge in [0.2, 0.25) is 0 Å². The van der Waals surface area contributed by atoms with Crippen LogP contribution in [0.3, 0.4) is 0 Å². The SMILES string of the molecule is CCCCCCCCCCCCCCCCCC[CH2][Ge]1([CH2]CCCCCCCCCCCCCCCCCC)[c]2ccsc2-c2scc[c]21. The molecule has 1 aliphatic rings. The Morgan fingerprint density at radius 3 is 0.796 bits per heavy atom. The minimum atomic E-state index is -2.22. The van der Waals surface area contributed by atoms with Crippen LogP contribution < -0.4 is 8.79 Å². The van der Waals surface area contributed by atoms with Crippen LogP contribution in [0.2, 0.25) is 10.5 Å². The quantitative estimate of drug-likeness (QED) is 0.0478. The molecule has 2 aromatic heterocycles. The van der Waals surface area contributed by atoms with Crippen LogP contribution in [0.1, 0.15) is 232 Å². The van der Waals surface area contributed by atoms with Crippen molar-refractivity contribution in [3.8, 4) is 9.75 Å². The second-order valence-electron chi connectivity index (χ2n) is 16.2. The summed E-state index contributed by atoms with van der Waals surface area (Å²) in [4.78, 5) is 3.40. The van der Waals surface area contributed by atoms with Crippen molar-refractivity contribution in [3.05, 3.63) is 22.9 Å². The molecule has 0 atom stereocenters. The van der Waals surface area contributed by atoms with E-state index in [1.807, 2.05) is 31.5 Å². The minimum absolute atomic E-state index is 1.37. The molecular formula is C46H82GeS2. The first-order valence-corrected chi connectivity index (χ1v) is 29.3. The van der Waals surface area contributed by atoms with Gasteiger partial charge in [0.05, 0.1) is 0 Å². The summed E-state index contributed by atoms with van der Waals surface area (Å²) < 4.78 is 3.78. The summed E-state index contributed by atoms with van der Waals surface area (Å²) in [5.74, 6) is 0. The number of fused-ring (bicyclic) bond motifs is 3. The summed E-state index contributed by atoms with van der Waals surface area (Å²) >= 11 is 1.87. The summed E-state index contributed by atoms with van der Waals surface area (Å²) in [6, 6.07) is 5.18. The number of unbranched alkanes of at least 4 members (excludes halogenated alkanes) is 32. The van der Waals surface area contributed by atoms with Crippen LogP contribution in [0, 0.1) is 0 Å². The fourth-order valence-corrected chi connectivity index (χ4v) is 25.3. The molecule has 49 heavy (non-hydrogen) atoms. The van der Waals surface area contributed by atoms with E-state index in [-0.39, 0.29) is 0 Å². The van der Waals surface area contributed by atoms with E-state index >= 15 is 0 Å². The van der Waals surface area contributed by atoms with E-state index in [4.69, 9.17) is 0 Å². The van der Waals surface area contributed by atoms with Crippen molar-refractivity contribution in [2.24, 2.45) is 0 Å². The molecule has 0 aliphatic carbocycles. The topological polar surface area (TPSA) is 0 Å².